The number of nitrogens with one attached hydrogen (secondary N) is 1. The van der Waals surface area contributed by atoms with E-state index in [1.165, 1.54) is 6.92 Å². The van der Waals surface area contributed by atoms with Gasteiger partial charge in [-0.2, -0.15) is 13.2 Å². The Morgan fingerprint density at radius 2 is 1.93 bits per heavy atom. The largest absolute Gasteiger partial charge is 0.481 e. The smallest absolute Gasteiger partial charge is 0.471 e. The summed E-state index contributed by atoms with van der Waals surface area (Å²) in [6, 6.07) is 0. The summed E-state index contributed by atoms with van der Waals surface area (Å²) < 4.78 is 34.9. The Morgan fingerprint density at radius 3 is 2.29 bits per heavy atom. The van der Waals surface area contributed by atoms with Gasteiger partial charge in [0, 0.05) is 13.0 Å². The van der Waals surface area contributed by atoms with E-state index < -0.39 is 24.0 Å². The highest BCUT2D eigenvalue weighted by Gasteiger charge is 2.38. The van der Waals surface area contributed by atoms with Crippen molar-refractivity contribution in [1.29, 1.82) is 0 Å². The highest BCUT2D eigenvalue weighted by Crippen LogP contribution is 2.14. The molecule has 0 aromatic rings. The van der Waals surface area contributed by atoms with Gasteiger partial charge in [-0.15, -0.1) is 0 Å². The molecule has 0 bridgehead atoms. The second kappa shape index (κ2) is 4.83. The molecule has 0 unspecified atom stereocenters. The predicted octanol–water partition coefficient (Wildman–Crippen LogP) is 0.776. The molecular weight excluding hydrogens is 203 g/mol. The van der Waals surface area contributed by atoms with Crippen LogP contribution in [0.25, 0.3) is 0 Å². The van der Waals surface area contributed by atoms with Crippen LogP contribution in [0.15, 0.2) is 0 Å². The van der Waals surface area contributed by atoms with Crippen LogP contribution in [-0.2, 0) is 9.59 Å². The molecule has 0 radical (unpaired) electrons. The molecule has 1 atom stereocenters. The van der Waals surface area contributed by atoms with E-state index in [1.54, 1.807) is 5.32 Å². The van der Waals surface area contributed by atoms with E-state index in [0.29, 0.717) is 0 Å². The fourth-order valence-corrected chi connectivity index (χ4v) is 0.737. The molecule has 2 N–H and O–H groups in total. The quantitative estimate of drug-likeness (QED) is 0.725. The van der Waals surface area contributed by atoms with Crippen LogP contribution in [0.4, 0.5) is 13.2 Å². The Labute approximate surface area is 78.1 Å². The monoisotopic (exact) mass is 213 g/mol. The summed E-state index contributed by atoms with van der Waals surface area (Å²) in [5.41, 5.74) is 0. The highest BCUT2D eigenvalue weighted by atomic mass is 19.4. The molecule has 0 aliphatic carbocycles. The van der Waals surface area contributed by atoms with Gasteiger partial charge in [-0.1, -0.05) is 6.92 Å². The van der Waals surface area contributed by atoms with E-state index in [9.17, 15) is 22.8 Å². The van der Waals surface area contributed by atoms with Gasteiger partial charge in [-0.25, -0.2) is 0 Å². The fraction of sp³-hybridized carbons (Fsp3) is 0.714. The van der Waals surface area contributed by atoms with Gasteiger partial charge in [0.05, 0.1) is 0 Å². The first-order valence-corrected chi connectivity index (χ1v) is 3.80. The van der Waals surface area contributed by atoms with E-state index in [-0.39, 0.29) is 13.0 Å². The average Bonchev–Trinajstić information content (AvgIpc) is 1.96. The molecule has 0 aliphatic rings. The molecule has 0 saturated carbocycles. The SMILES string of the molecule is C[C@@H](CNC(=O)C(F)(F)F)CC(=O)O. The third kappa shape index (κ3) is 5.39. The van der Waals surface area contributed by atoms with Gasteiger partial charge in [0.15, 0.2) is 0 Å². The first-order valence-electron chi connectivity index (χ1n) is 3.80. The third-order valence-electron chi connectivity index (χ3n) is 1.39. The number of amides is 1. The van der Waals surface area contributed by atoms with Crippen LogP contribution in [0.5, 0.6) is 0 Å². The average molecular weight is 213 g/mol. The number of carboxylic acid groups (broad SMARTS) is 1. The number of carboxylic acids is 1. The van der Waals surface area contributed by atoms with E-state index in [1.807, 2.05) is 0 Å². The Bertz CT molecular complexity index is 227. The standard InChI is InChI=1S/C7H10F3NO3/c1-4(2-5(12)13)3-11-6(14)7(8,9)10/h4H,2-3H2,1H3,(H,11,14)(H,12,13)/t4-/m1/s1. The summed E-state index contributed by atoms with van der Waals surface area (Å²) in [6.45, 7) is 1.13. The summed E-state index contributed by atoms with van der Waals surface area (Å²) in [4.78, 5) is 20.4. The molecule has 1 amide bonds. The lowest BCUT2D eigenvalue weighted by Gasteiger charge is -2.11. The number of hydrogen-bond acceptors (Lipinski definition) is 2. The Hall–Kier alpha value is -1.27. The van der Waals surface area contributed by atoms with Crippen molar-refractivity contribution in [3.05, 3.63) is 0 Å². The highest BCUT2D eigenvalue weighted by molar-refractivity contribution is 5.81. The first-order chi connectivity index (χ1) is 6.23. The van der Waals surface area contributed by atoms with Crippen molar-refractivity contribution in [1.82, 2.24) is 5.32 Å². The summed E-state index contributed by atoms with van der Waals surface area (Å²) in [6.07, 6.45) is -5.19. The minimum absolute atomic E-state index is 0.280. The van der Waals surface area contributed by atoms with Crippen molar-refractivity contribution in [3.8, 4) is 0 Å². The molecule has 0 aromatic carbocycles. The lowest BCUT2D eigenvalue weighted by molar-refractivity contribution is -0.173. The zero-order valence-corrected chi connectivity index (χ0v) is 7.39. The maximum atomic E-state index is 11.6. The molecular formula is C7H10F3NO3. The molecule has 14 heavy (non-hydrogen) atoms. The van der Waals surface area contributed by atoms with Gasteiger partial charge in [0.2, 0.25) is 0 Å². The molecule has 0 rings (SSSR count). The zero-order chi connectivity index (χ0) is 11.4. The number of alkyl halides is 3. The number of carbonyl (C=O) groups is 2. The van der Waals surface area contributed by atoms with Crippen molar-refractivity contribution < 1.29 is 27.9 Å². The van der Waals surface area contributed by atoms with Gasteiger partial charge in [0.1, 0.15) is 0 Å². The van der Waals surface area contributed by atoms with Gasteiger partial charge < -0.3 is 10.4 Å². The van der Waals surface area contributed by atoms with Crippen LogP contribution < -0.4 is 5.32 Å². The van der Waals surface area contributed by atoms with Gasteiger partial charge in [0.25, 0.3) is 0 Å². The van der Waals surface area contributed by atoms with Crippen LogP contribution in [0, 0.1) is 5.92 Å². The van der Waals surface area contributed by atoms with Crippen LogP contribution in [0.3, 0.4) is 0 Å². The van der Waals surface area contributed by atoms with E-state index in [0.717, 1.165) is 0 Å². The molecule has 0 spiro atoms. The number of hydrogen-bond donors (Lipinski definition) is 2. The topological polar surface area (TPSA) is 66.4 Å². The summed E-state index contributed by atoms with van der Waals surface area (Å²) >= 11 is 0. The maximum absolute atomic E-state index is 11.6. The molecule has 0 saturated heterocycles. The second-order valence-electron chi connectivity index (χ2n) is 2.91. The first kappa shape index (κ1) is 12.7. The van der Waals surface area contributed by atoms with Crippen LogP contribution >= 0.6 is 0 Å². The molecule has 82 valence electrons. The summed E-state index contributed by atoms with van der Waals surface area (Å²) in [7, 11) is 0. The van der Waals surface area contributed by atoms with E-state index in [4.69, 9.17) is 5.11 Å². The molecule has 0 heterocycles. The summed E-state index contributed by atoms with van der Waals surface area (Å²) in [5, 5.41) is 9.87. The zero-order valence-electron chi connectivity index (χ0n) is 7.39. The second-order valence-corrected chi connectivity index (χ2v) is 2.91. The van der Waals surface area contributed by atoms with E-state index in [2.05, 4.69) is 0 Å². The van der Waals surface area contributed by atoms with Crippen LogP contribution in [0.1, 0.15) is 13.3 Å². The Kier molecular flexibility index (Phi) is 4.39. The van der Waals surface area contributed by atoms with Crippen LogP contribution in [0.2, 0.25) is 0 Å². The minimum atomic E-state index is -4.91. The normalized spacial score (nSPS) is 13.4. The Balaban J connectivity index is 3.84. The van der Waals surface area contributed by atoms with Gasteiger partial charge in [-0.3, -0.25) is 9.59 Å². The Morgan fingerprint density at radius 1 is 1.43 bits per heavy atom. The molecule has 0 aliphatic heterocycles. The van der Waals surface area contributed by atoms with Crippen molar-refractivity contribution in [3.63, 3.8) is 0 Å². The summed E-state index contributed by atoms with van der Waals surface area (Å²) in [5.74, 6) is -3.69. The van der Waals surface area contributed by atoms with Crippen molar-refractivity contribution in [2.75, 3.05) is 6.54 Å². The minimum Gasteiger partial charge on any atom is -0.481 e. The third-order valence-corrected chi connectivity index (χ3v) is 1.39. The van der Waals surface area contributed by atoms with Gasteiger partial charge in [-0.05, 0) is 5.92 Å². The number of carbonyl (C=O) groups excluding carboxylic acids is 1. The maximum Gasteiger partial charge on any atom is 0.471 e. The van der Waals surface area contributed by atoms with Crippen LogP contribution in [-0.4, -0.2) is 29.7 Å². The predicted molar refractivity (Wildman–Crippen MR) is 40.5 cm³/mol. The lowest BCUT2D eigenvalue weighted by Crippen LogP contribution is -2.39. The molecule has 4 nitrogen and oxygen atoms in total. The number of aliphatic carboxylic acids is 1. The fourth-order valence-electron chi connectivity index (χ4n) is 0.737. The molecule has 0 fully saturated rings. The molecule has 0 aromatic heterocycles. The van der Waals surface area contributed by atoms with Crippen molar-refractivity contribution >= 4 is 11.9 Å². The number of rotatable bonds is 4. The van der Waals surface area contributed by atoms with Gasteiger partial charge >= 0.3 is 18.1 Å². The number of halogens is 3. The lowest BCUT2D eigenvalue weighted by atomic mass is 10.1. The van der Waals surface area contributed by atoms with Crippen molar-refractivity contribution in [2.24, 2.45) is 5.92 Å². The van der Waals surface area contributed by atoms with Crippen molar-refractivity contribution in [2.45, 2.75) is 19.5 Å². The molecule has 7 heteroatoms. The van der Waals surface area contributed by atoms with E-state index >= 15 is 0 Å².